The number of esters is 2. The highest BCUT2D eigenvalue weighted by Gasteiger charge is 2.16. The van der Waals surface area contributed by atoms with Crippen LogP contribution in [-0.4, -0.2) is 36.4 Å². The number of rotatable bonds is 42. The summed E-state index contributed by atoms with van der Waals surface area (Å²) in [5.41, 5.74) is 0. The Morgan fingerprint density at radius 3 is 1.06 bits per heavy atom. The Hall–Kier alpha value is -1.36. The Morgan fingerprint density at radius 2 is 0.725 bits per heavy atom. The molecule has 0 unspecified atom stereocenters. The van der Waals surface area contributed by atoms with Gasteiger partial charge in [0.25, 0.3) is 0 Å². The minimum Gasteiger partial charge on any atom is -0.462 e. The fraction of sp³-hybridized carbons (Fsp3) is 0.913. The van der Waals surface area contributed by atoms with Crippen LogP contribution in [0.2, 0.25) is 0 Å². The molecule has 0 spiro atoms. The van der Waals surface area contributed by atoms with Crippen molar-refractivity contribution in [2.45, 2.75) is 258 Å². The predicted molar refractivity (Wildman–Crippen MR) is 219 cm³/mol. The van der Waals surface area contributed by atoms with Crippen LogP contribution < -0.4 is 0 Å². The van der Waals surface area contributed by atoms with Gasteiger partial charge in [0.1, 0.15) is 6.61 Å². The molecule has 0 amide bonds. The molecule has 0 rings (SSSR count). The molecule has 0 aliphatic heterocycles. The highest BCUT2D eigenvalue weighted by Crippen LogP contribution is 2.16. The van der Waals surface area contributed by atoms with Gasteiger partial charge in [0.05, 0.1) is 6.61 Å². The van der Waals surface area contributed by atoms with Gasteiger partial charge < -0.3 is 14.6 Å². The lowest BCUT2D eigenvalue weighted by molar-refractivity contribution is -0.161. The third-order valence-electron chi connectivity index (χ3n) is 10.3. The molecule has 0 fully saturated rings. The molecule has 0 saturated heterocycles. The molecule has 0 heterocycles. The molecule has 0 aromatic rings. The average Bonchev–Trinajstić information content (AvgIpc) is 3.13. The summed E-state index contributed by atoms with van der Waals surface area (Å²) in [5.74, 6) is -0.581. The molecular weight excluding hydrogens is 633 g/mol. The minimum absolute atomic E-state index is 0.0618. The molecule has 0 aliphatic carbocycles. The standard InChI is InChI=1S/C46H88O5/c1-3-5-7-9-11-13-15-17-19-21-22-23-25-27-29-31-33-35-37-39-41-46(49)51-44(42-47)43-50-45(48)40-38-36-34-32-30-28-26-24-20-18-16-14-12-10-8-6-4-2/h18,20,44,47H,3-17,19,21-43H2,1-2H3/b20-18+/t44-/m0/s1. The summed E-state index contributed by atoms with van der Waals surface area (Å²) in [5, 5.41) is 9.59. The van der Waals surface area contributed by atoms with Gasteiger partial charge >= 0.3 is 11.9 Å². The Kier molecular flexibility index (Phi) is 41.9. The van der Waals surface area contributed by atoms with E-state index in [1.165, 1.54) is 186 Å². The fourth-order valence-electron chi connectivity index (χ4n) is 6.85. The first-order valence-electron chi connectivity index (χ1n) is 22.7. The van der Waals surface area contributed by atoms with E-state index in [4.69, 9.17) is 9.47 Å². The third kappa shape index (κ3) is 41.3. The molecule has 0 aromatic heterocycles. The fourth-order valence-corrected chi connectivity index (χ4v) is 6.85. The van der Waals surface area contributed by atoms with E-state index in [2.05, 4.69) is 26.0 Å². The zero-order valence-electron chi connectivity index (χ0n) is 34.4. The number of hydrogen-bond donors (Lipinski definition) is 1. The largest absolute Gasteiger partial charge is 0.462 e. The number of aliphatic hydroxyl groups is 1. The summed E-state index contributed by atoms with van der Waals surface area (Å²) in [6, 6.07) is 0. The van der Waals surface area contributed by atoms with E-state index in [1.54, 1.807) is 0 Å². The van der Waals surface area contributed by atoms with Gasteiger partial charge in [-0.1, -0.05) is 212 Å². The minimum atomic E-state index is -0.767. The van der Waals surface area contributed by atoms with Gasteiger partial charge in [-0.05, 0) is 38.5 Å². The van der Waals surface area contributed by atoms with Gasteiger partial charge in [0, 0.05) is 12.8 Å². The number of allylic oxidation sites excluding steroid dienone is 2. The lowest BCUT2D eigenvalue weighted by Crippen LogP contribution is -2.28. The van der Waals surface area contributed by atoms with E-state index >= 15 is 0 Å². The number of ether oxygens (including phenoxy) is 2. The van der Waals surface area contributed by atoms with Crippen molar-refractivity contribution in [3.05, 3.63) is 12.2 Å². The second-order valence-corrected chi connectivity index (χ2v) is 15.5. The van der Waals surface area contributed by atoms with Crippen LogP contribution in [0.3, 0.4) is 0 Å². The van der Waals surface area contributed by atoms with Gasteiger partial charge in [0.2, 0.25) is 0 Å². The maximum atomic E-state index is 12.2. The van der Waals surface area contributed by atoms with Crippen molar-refractivity contribution in [3.8, 4) is 0 Å². The maximum absolute atomic E-state index is 12.2. The topological polar surface area (TPSA) is 72.8 Å². The lowest BCUT2D eigenvalue weighted by atomic mass is 10.0. The van der Waals surface area contributed by atoms with Crippen LogP contribution in [0.15, 0.2) is 12.2 Å². The third-order valence-corrected chi connectivity index (χ3v) is 10.3. The molecule has 0 aromatic carbocycles. The summed E-state index contributed by atoms with van der Waals surface area (Å²) in [4.78, 5) is 24.3. The number of hydrogen-bond acceptors (Lipinski definition) is 5. The number of carbonyl (C=O) groups is 2. The van der Waals surface area contributed by atoms with Crippen LogP contribution in [0.25, 0.3) is 0 Å². The highest BCUT2D eigenvalue weighted by molar-refractivity contribution is 5.70. The van der Waals surface area contributed by atoms with Gasteiger partial charge in [-0.2, -0.15) is 0 Å². The maximum Gasteiger partial charge on any atom is 0.306 e. The van der Waals surface area contributed by atoms with Crippen molar-refractivity contribution in [2.24, 2.45) is 0 Å². The molecule has 1 N–H and O–H groups in total. The van der Waals surface area contributed by atoms with Crippen molar-refractivity contribution >= 4 is 11.9 Å². The summed E-state index contributed by atoms with van der Waals surface area (Å²) < 4.78 is 10.6. The quantitative estimate of drug-likeness (QED) is 0.0386. The van der Waals surface area contributed by atoms with Crippen LogP contribution in [-0.2, 0) is 19.1 Å². The molecule has 5 heteroatoms. The van der Waals surface area contributed by atoms with Crippen LogP contribution >= 0.6 is 0 Å². The van der Waals surface area contributed by atoms with Crippen LogP contribution in [0.5, 0.6) is 0 Å². The number of aliphatic hydroxyl groups excluding tert-OH is 1. The van der Waals surface area contributed by atoms with Crippen molar-refractivity contribution in [2.75, 3.05) is 13.2 Å². The molecule has 0 aliphatic rings. The van der Waals surface area contributed by atoms with Crippen LogP contribution in [0.4, 0.5) is 0 Å². The Morgan fingerprint density at radius 1 is 0.431 bits per heavy atom. The van der Waals surface area contributed by atoms with Crippen molar-refractivity contribution in [1.29, 1.82) is 0 Å². The van der Waals surface area contributed by atoms with Gasteiger partial charge in [-0.15, -0.1) is 0 Å². The molecule has 0 saturated carbocycles. The molecular formula is C46H88O5. The first kappa shape index (κ1) is 49.6. The van der Waals surface area contributed by atoms with Gasteiger partial charge in [-0.3, -0.25) is 9.59 Å². The first-order valence-corrected chi connectivity index (χ1v) is 22.7. The lowest BCUT2D eigenvalue weighted by Gasteiger charge is -2.15. The Balaban J connectivity index is 3.48. The van der Waals surface area contributed by atoms with E-state index in [0.717, 1.165) is 38.5 Å². The van der Waals surface area contributed by atoms with E-state index in [9.17, 15) is 14.7 Å². The molecule has 0 bridgehead atoms. The van der Waals surface area contributed by atoms with Gasteiger partial charge in [-0.25, -0.2) is 0 Å². The smallest absolute Gasteiger partial charge is 0.306 e. The molecule has 51 heavy (non-hydrogen) atoms. The normalized spacial score (nSPS) is 12.1. The van der Waals surface area contributed by atoms with E-state index < -0.39 is 6.10 Å². The predicted octanol–water partition coefficient (Wildman–Crippen LogP) is 14.5. The number of unbranched alkanes of at least 4 members (excludes halogenated alkanes) is 32. The SMILES string of the molecule is CCCCCCCC/C=C/CCCCCCCCCC(=O)OC[C@H](CO)OC(=O)CCCCCCCCCCCCCCCCCCCCCC. The monoisotopic (exact) mass is 721 g/mol. The van der Waals surface area contributed by atoms with Crippen molar-refractivity contribution < 1.29 is 24.2 Å². The molecule has 5 nitrogen and oxygen atoms in total. The van der Waals surface area contributed by atoms with E-state index in [1.807, 2.05) is 0 Å². The summed E-state index contributed by atoms with van der Waals surface area (Å²) >= 11 is 0. The van der Waals surface area contributed by atoms with Crippen molar-refractivity contribution in [1.82, 2.24) is 0 Å². The second kappa shape index (κ2) is 43.0. The zero-order chi connectivity index (χ0) is 37.1. The second-order valence-electron chi connectivity index (χ2n) is 15.5. The van der Waals surface area contributed by atoms with E-state index in [0.29, 0.717) is 12.8 Å². The van der Waals surface area contributed by atoms with E-state index in [-0.39, 0.29) is 25.2 Å². The molecule has 302 valence electrons. The zero-order valence-corrected chi connectivity index (χ0v) is 34.4. The Bertz CT molecular complexity index is 735. The number of carbonyl (C=O) groups excluding carboxylic acids is 2. The summed E-state index contributed by atoms with van der Waals surface area (Å²) in [7, 11) is 0. The Labute approximate surface area is 318 Å². The average molecular weight is 721 g/mol. The summed E-state index contributed by atoms with van der Waals surface area (Å²) in [6.45, 7) is 4.17. The molecule has 1 atom stereocenters. The van der Waals surface area contributed by atoms with Gasteiger partial charge in [0.15, 0.2) is 6.10 Å². The summed E-state index contributed by atoms with van der Waals surface area (Å²) in [6.07, 6.45) is 50.0. The van der Waals surface area contributed by atoms with Crippen LogP contribution in [0, 0.1) is 0 Å². The first-order chi connectivity index (χ1) is 25.1. The van der Waals surface area contributed by atoms with Crippen LogP contribution in [0.1, 0.15) is 251 Å². The highest BCUT2D eigenvalue weighted by atomic mass is 16.6. The van der Waals surface area contributed by atoms with Crippen molar-refractivity contribution in [3.63, 3.8) is 0 Å². The molecule has 0 radical (unpaired) electrons.